The smallest absolute Gasteiger partial charge is 0.418 e. The van der Waals surface area contributed by atoms with Crippen molar-refractivity contribution in [3.63, 3.8) is 0 Å². The minimum absolute atomic E-state index is 0.190. The summed E-state index contributed by atoms with van der Waals surface area (Å²) in [5, 5.41) is 18.1. The van der Waals surface area contributed by atoms with Crippen LogP contribution < -0.4 is 0 Å². The van der Waals surface area contributed by atoms with Gasteiger partial charge in [-0.15, -0.1) is 0 Å². The molecule has 0 aliphatic carbocycles. The molecule has 0 saturated heterocycles. The zero-order chi connectivity index (χ0) is 19.9. The van der Waals surface area contributed by atoms with E-state index in [1.54, 1.807) is 0 Å². The van der Waals surface area contributed by atoms with Gasteiger partial charge < -0.3 is 10.2 Å². The number of halogens is 6. The van der Waals surface area contributed by atoms with Crippen LogP contribution in [0.4, 0.5) is 26.3 Å². The summed E-state index contributed by atoms with van der Waals surface area (Å²) >= 11 is 0. The maximum absolute atomic E-state index is 13.5. The van der Waals surface area contributed by atoms with Crippen LogP contribution >= 0.6 is 0 Å². The fourth-order valence-electron chi connectivity index (χ4n) is 2.50. The third-order valence-corrected chi connectivity index (χ3v) is 3.42. The van der Waals surface area contributed by atoms with E-state index in [2.05, 4.69) is 0 Å². The lowest BCUT2D eigenvalue weighted by atomic mass is 9.87. The van der Waals surface area contributed by atoms with Crippen molar-refractivity contribution in [2.24, 2.45) is 0 Å². The van der Waals surface area contributed by atoms with Crippen LogP contribution in [-0.2, 0) is 12.4 Å². The van der Waals surface area contributed by atoms with Crippen molar-refractivity contribution in [2.45, 2.75) is 12.4 Å². The number of aromatic carboxylic acids is 2. The van der Waals surface area contributed by atoms with E-state index in [0.29, 0.717) is 0 Å². The maximum atomic E-state index is 13.5. The van der Waals surface area contributed by atoms with Gasteiger partial charge in [0.15, 0.2) is 0 Å². The van der Waals surface area contributed by atoms with Gasteiger partial charge in [0.1, 0.15) is 0 Å². The zero-order valence-corrected chi connectivity index (χ0v) is 12.4. The Bertz CT molecular complexity index is 869. The standard InChI is InChI=1S/C16H8F6O4/c17-15(18,19)11-8(7-4-2-1-3-5-7)6-9(13(23)24)12(16(20,21)22)10(11)14(25)26/h1-6H,(H,23,24)(H,25,26). The number of alkyl halides is 6. The Labute approximate surface area is 141 Å². The van der Waals surface area contributed by atoms with E-state index >= 15 is 0 Å². The molecule has 0 fully saturated rings. The van der Waals surface area contributed by atoms with Crippen LogP contribution in [-0.4, -0.2) is 22.2 Å². The van der Waals surface area contributed by atoms with Crippen molar-refractivity contribution in [1.82, 2.24) is 0 Å². The minimum Gasteiger partial charge on any atom is -0.478 e. The molecule has 0 aliphatic rings. The topological polar surface area (TPSA) is 74.6 Å². The highest BCUT2D eigenvalue weighted by Gasteiger charge is 2.47. The Morgan fingerprint density at radius 1 is 0.769 bits per heavy atom. The van der Waals surface area contributed by atoms with Crippen molar-refractivity contribution in [1.29, 1.82) is 0 Å². The van der Waals surface area contributed by atoms with Gasteiger partial charge in [-0.2, -0.15) is 26.3 Å². The van der Waals surface area contributed by atoms with Crippen LogP contribution in [0.25, 0.3) is 11.1 Å². The minimum atomic E-state index is -5.63. The summed E-state index contributed by atoms with van der Waals surface area (Å²) in [5.74, 6) is -4.74. The van der Waals surface area contributed by atoms with Crippen molar-refractivity contribution in [3.8, 4) is 11.1 Å². The average Bonchev–Trinajstić information content (AvgIpc) is 2.51. The van der Waals surface area contributed by atoms with Crippen LogP contribution in [0.15, 0.2) is 36.4 Å². The molecule has 0 aliphatic heterocycles. The molecule has 2 aromatic rings. The van der Waals surface area contributed by atoms with Crippen LogP contribution in [0.5, 0.6) is 0 Å². The lowest BCUT2D eigenvalue weighted by Crippen LogP contribution is -2.24. The first-order valence-corrected chi connectivity index (χ1v) is 6.73. The molecule has 0 heterocycles. The molecule has 10 heteroatoms. The average molecular weight is 378 g/mol. The summed E-state index contributed by atoms with van der Waals surface area (Å²) in [6, 6.07) is 6.33. The molecular formula is C16H8F6O4. The lowest BCUT2D eigenvalue weighted by molar-refractivity contribution is -0.144. The molecule has 0 amide bonds. The predicted molar refractivity (Wildman–Crippen MR) is 75.8 cm³/mol. The maximum Gasteiger partial charge on any atom is 0.418 e. The van der Waals surface area contributed by atoms with E-state index in [0.717, 1.165) is 12.1 Å². The van der Waals surface area contributed by atoms with E-state index in [-0.39, 0.29) is 11.6 Å². The van der Waals surface area contributed by atoms with Crippen LogP contribution in [0.3, 0.4) is 0 Å². The number of carboxylic acids is 2. The fourth-order valence-corrected chi connectivity index (χ4v) is 2.50. The normalized spacial score (nSPS) is 12.1. The third kappa shape index (κ3) is 3.48. The molecule has 138 valence electrons. The van der Waals surface area contributed by atoms with Crippen molar-refractivity contribution in [3.05, 3.63) is 58.7 Å². The highest BCUT2D eigenvalue weighted by molar-refractivity contribution is 6.01. The second-order valence-corrected chi connectivity index (χ2v) is 5.07. The van der Waals surface area contributed by atoms with Gasteiger partial charge in [-0.3, -0.25) is 0 Å². The van der Waals surface area contributed by atoms with Crippen LogP contribution in [0.1, 0.15) is 31.8 Å². The van der Waals surface area contributed by atoms with Crippen molar-refractivity contribution < 1.29 is 46.1 Å². The summed E-state index contributed by atoms with van der Waals surface area (Å²) in [6.07, 6.45) is -11.1. The summed E-state index contributed by atoms with van der Waals surface area (Å²) in [4.78, 5) is 22.5. The van der Waals surface area contributed by atoms with E-state index < -0.39 is 52.1 Å². The predicted octanol–water partition coefficient (Wildman–Crippen LogP) is 4.79. The second kappa shape index (κ2) is 6.36. The summed E-state index contributed by atoms with van der Waals surface area (Å²) in [5.41, 5.74) is -9.40. The molecule has 0 atom stereocenters. The molecular weight excluding hydrogens is 370 g/mol. The molecule has 2 N–H and O–H groups in total. The molecule has 0 spiro atoms. The van der Waals surface area contributed by atoms with Gasteiger partial charge in [0.05, 0.1) is 22.3 Å². The molecule has 0 bridgehead atoms. The summed E-state index contributed by atoms with van der Waals surface area (Å²) in [7, 11) is 0. The molecule has 2 rings (SSSR count). The first-order chi connectivity index (χ1) is 11.9. The van der Waals surface area contributed by atoms with Gasteiger partial charge in [0, 0.05) is 0 Å². The first-order valence-electron chi connectivity index (χ1n) is 6.73. The highest BCUT2D eigenvalue weighted by atomic mass is 19.4. The van der Waals surface area contributed by atoms with Gasteiger partial charge in [-0.1, -0.05) is 30.3 Å². The van der Waals surface area contributed by atoms with E-state index in [9.17, 15) is 35.9 Å². The van der Waals surface area contributed by atoms with Gasteiger partial charge in [-0.05, 0) is 17.2 Å². The van der Waals surface area contributed by atoms with Crippen LogP contribution in [0, 0.1) is 0 Å². The molecule has 0 radical (unpaired) electrons. The van der Waals surface area contributed by atoms with E-state index in [4.69, 9.17) is 10.2 Å². The molecule has 4 nitrogen and oxygen atoms in total. The number of hydrogen-bond acceptors (Lipinski definition) is 2. The Hall–Kier alpha value is -3.04. The monoisotopic (exact) mass is 378 g/mol. The number of rotatable bonds is 3. The Balaban J connectivity index is 3.13. The molecule has 0 aromatic heterocycles. The third-order valence-electron chi connectivity index (χ3n) is 3.42. The highest BCUT2D eigenvalue weighted by Crippen LogP contribution is 2.46. The largest absolute Gasteiger partial charge is 0.478 e. The number of hydrogen-bond donors (Lipinski definition) is 2. The Morgan fingerprint density at radius 2 is 1.27 bits per heavy atom. The Morgan fingerprint density at radius 3 is 1.65 bits per heavy atom. The number of carboxylic acid groups (broad SMARTS) is 2. The van der Waals surface area contributed by atoms with Crippen molar-refractivity contribution in [2.75, 3.05) is 0 Å². The quantitative estimate of drug-likeness (QED) is 0.754. The zero-order valence-electron chi connectivity index (χ0n) is 12.4. The van der Waals surface area contributed by atoms with Gasteiger partial charge in [-0.25, -0.2) is 9.59 Å². The molecule has 0 unspecified atom stereocenters. The fraction of sp³-hybridized carbons (Fsp3) is 0.125. The first kappa shape index (κ1) is 19.3. The second-order valence-electron chi connectivity index (χ2n) is 5.07. The number of carbonyl (C=O) groups is 2. The van der Waals surface area contributed by atoms with Crippen molar-refractivity contribution >= 4 is 11.9 Å². The van der Waals surface area contributed by atoms with E-state index in [1.807, 2.05) is 0 Å². The number of benzene rings is 2. The Kier molecular flexibility index (Phi) is 4.71. The molecule has 0 saturated carbocycles. The summed E-state index contributed by atoms with van der Waals surface area (Å²) < 4.78 is 80.1. The van der Waals surface area contributed by atoms with Gasteiger partial charge in [0.25, 0.3) is 0 Å². The van der Waals surface area contributed by atoms with Gasteiger partial charge >= 0.3 is 24.3 Å². The van der Waals surface area contributed by atoms with Gasteiger partial charge in [0.2, 0.25) is 0 Å². The lowest BCUT2D eigenvalue weighted by Gasteiger charge is -2.22. The summed E-state index contributed by atoms with van der Waals surface area (Å²) in [6.45, 7) is 0. The SMILES string of the molecule is O=C(O)c1cc(-c2ccccc2)c(C(F)(F)F)c(C(=O)O)c1C(F)(F)F. The van der Waals surface area contributed by atoms with E-state index in [1.165, 1.54) is 18.2 Å². The molecule has 2 aromatic carbocycles. The van der Waals surface area contributed by atoms with Crippen LogP contribution in [0.2, 0.25) is 0 Å². The molecule has 26 heavy (non-hydrogen) atoms.